The van der Waals surface area contributed by atoms with E-state index in [1.165, 1.54) is 6.07 Å². The van der Waals surface area contributed by atoms with E-state index in [2.05, 4.69) is 5.16 Å². The van der Waals surface area contributed by atoms with E-state index in [-0.39, 0.29) is 5.69 Å². The Morgan fingerprint density at radius 1 is 1.44 bits per heavy atom. The lowest BCUT2D eigenvalue weighted by Crippen LogP contribution is -1.95. The molecular weight excluding hydrogens is 208 g/mol. The highest BCUT2D eigenvalue weighted by Gasteiger charge is 2.10. The van der Waals surface area contributed by atoms with E-state index in [1.54, 1.807) is 38.1 Å². The van der Waals surface area contributed by atoms with Crippen LogP contribution in [0.4, 0.5) is 5.69 Å². The summed E-state index contributed by atoms with van der Waals surface area (Å²) in [4.78, 5) is 10.3. The van der Waals surface area contributed by atoms with E-state index >= 15 is 0 Å². The van der Waals surface area contributed by atoms with Crippen LogP contribution in [0.2, 0.25) is 0 Å². The van der Waals surface area contributed by atoms with Gasteiger partial charge in [0.05, 0.1) is 16.2 Å². The molecule has 1 aromatic carbocycles. The maximum absolute atomic E-state index is 10.7. The fraction of sp³-hybridized carbons (Fsp3) is 0.182. The van der Waals surface area contributed by atoms with Crippen LogP contribution in [0.25, 0.3) is 6.08 Å². The van der Waals surface area contributed by atoms with Gasteiger partial charge >= 0.3 is 0 Å². The Kier molecular flexibility index (Phi) is 3.77. The minimum absolute atomic E-state index is 0.0348. The van der Waals surface area contributed by atoms with E-state index in [0.29, 0.717) is 16.8 Å². The van der Waals surface area contributed by atoms with Gasteiger partial charge in [0.15, 0.2) is 0 Å². The van der Waals surface area contributed by atoms with Gasteiger partial charge < -0.3 is 5.21 Å². The van der Waals surface area contributed by atoms with E-state index in [9.17, 15) is 10.1 Å². The summed E-state index contributed by atoms with van der Waals surface area (Å²) in [6.07, 6.45) is 1.62. The number of rotatable bonds is 3. The Hall–Kier alpha value is -2.17. The lowest BCUT2D eigenvalue weighted by atomic mass is 10.1. The van der Waals surface area contributed by atoms with Crippen molar-refractivity contribution in [3.8, 4) is 0 Å². The second kappa shape index (κ2) is 5.06. The first-order valence-corrected chi connectivity index (χ1v) is 4.67. The standard InChI is InChI=1S/C11H12N2O3/c1-8(9(2)12-14)7-10-5-3-4-6-11(10)13(15)16/h3-7,14H,1-2H3. The van der Waals surface area contributed by atoms with Crippen LogP contribution >= 0.6 is 0 Å². The lowest BCUT2D eigenvalue weighted by Gasteiger charge is -2.00. The summed E-state index contributed by atoms with van der Waals surface area (Å²) in [6.45, 7) is 3.35. The van der Waals surface area contributed by atoms with Gasteiger partial charge in [0.25, 0.3) is 5.69 Å². The van der Waals surface area contributed by atoms with Crippen LogP contribution in [0.1, 0.15) is 19.4 Å². The molecule has 0 aliphatic heterocycles. The molecule has 1 rings (SSSR count). The predicted molar refractivity (Wildman–Crippen MR) is 61.6 cm³/mol. The Labute approximate surface area is 92.9 Å². The minimum Gasteiger partial charge on any atom is -0.411 e. The second-order valence-electron chi connectivity index (χ2n) is 3.33. The molecule has 0 heterocycles. The molecule has 0 bridgehead atoms. The number of nitro groups is 1. The summed E-state index contributed by atoms with van der Waals surface area (Å²) < 4.78 is 0. The molecule has 5 heteroatoms. The average molecular weight is 220 g/mol. The molecule has 0 aliphatic rings. The smallest absolute Gasteiger partial charge is 0.276 e. The highest BCUT2D eigenvalue weighted by atomic mass is 16.6. The monoisotopic (exact) mass is 220 g/mol. The van der Waals surface area contributed by atoms with Crippen LogP contribution in [0.3, 0.4) is 0 Å². The zero-order valence-electron chi connectivity index (χ0n) is 9.04. The molecule has 0 aliphatic carbocycles. The molecule has 0 aromatic heterocycles. The quantitative estimate of drug-likeness (QED) is 0.368. The third kappa shape index (κ3) is 2.66. The van der Waals surface area contributed by atoms with Gasteiger partial charge in [0, 0.05) is 6.07 Å². The molecule has 0 unspecified atom stereocenters. The van der Waals surface area contributed by atoms with E-state index < -0.39 is 4.92 Å². The van der Waals surface area contributed by atoms with Crippen molar-refractivity contribution in [3.05, 3.63) is 45.5 Å². The summed E-state index contributed by atoms with van der Waals surface area (Å²) in [7, 11) is 0. The number of benzene rings is 1. The van der Waals surface area contributed by atoms with Crippen molar-refractivity contribution in [1.29, 1.82) is 0 Å². The summed E-state index contributed by atoms with van der Waals surface area (Å²) in [5.41, 5.74) is 1.63. The first-order chi connectivity index (χ1) is 7.56. The van der Waals surface area contributed by atoms with Crippen molar-refractivity contribution < 1.29 is 10.1 Å². The zero-order valence-corrected chi connectivity index (χ0v) is 9.04. The van der Waals surface area contributed by atoms with E-state index in [0.717, 1.165) is 0 Å². The van der Waals surface area contributed by atoms with Crippen LogP contribution in [0.15, 0.2) is 35.0 Å². The lowest BCUT2D eigenvalue weighted by molar-refractivity contribution is -0.385. The molecule has 1 aromatic rings. The SMILES string of the molecule is CC(=Cc1ccccc1[N+](=O)[O-])C(C)=NO. The number of nitrogens with zero attached hydrogens (tertiary/aromatic N) is 2. The van der Waals surface area contributed by atoms with Gasteiger partial charge in [0.2, 0.25) is 0 Å². The maximum Gasteiger partial charge on any atom is 0.276 e. The number of nitro benzene ring substituents is 1. The van der Waals surface area contributed by atoms with E-state index in [1.807, 2.05) is 0 Å². The van der Waals surface area contributed by atoms with Gasteiger partial charge in [0.1, 0.15) is 0 Å². The van der Waals surface area contributed by atoms with Gasteiger partial charge in [-0.15, -0.1) is 0 Å². The van der Waals surface area contributed by atoms with Crippen LogP contribution in [-0.4, -0.2) is 15.8 Å². The van der Waals surface area contributed by atoms with Crippen molar-refractivity contribution in [2.75, 3.05) is 0 Å². The Balaban J connectivity index is 3.20. The molecule has 0 saturated carbocycles. The summed E-state index contributed by atoms with van der Waals surface area (Å²) in [5.74, 6) is 0. The van der Waals surface area contributed by atoms with Crippen LogP contribution in [-0.2, 0) is 0 Å². The largest absolute Gasteiger partial charge is 0.411 e. The molecule has 0 radical (unpaired) electrons. The molecule has 0 atom stereocenters. The molecule has 1 N–H and O–H groups in total. The van der Waals surface area contributed by atoms with Crippen LogP contribution < -0.4 is 0 Å². The molecule has 0 amide bonds. The number of hydrogen-bond acceptors (Lipinski definition) is 4. The van der Waals surface area contributed by atoms with Gasteiger partial charge in [-0.25, -0.2) is 0 Å². The van der Waals surface area contributed by atoms with Gasteiger partial charge in [-0.05, 0) is 31.6 Å². The molecular formula is C11H12N2O3. The Bertz CT molecular complexity index is 464. The van der Waals surface area contributed by atoms with Crippen LogP contribution in [0.5, 0.6) is 0 Å². The van der Waals surface area contributed by atoms with Gasteiger partial charge in [-0.3, -0.25) is 10.1 Å². The molecule has 84 valence electrons. The van der Waals surface area contributed by atoms with Gasteiger partial charge in [-0.1, -0.05) is 17.3 Å². The molecule has 0 saturated heterocycles. The number of allylic oxidation sites excluding steroid dienone is 1. The Morgan fingerprint density at radius 3 is 2.62 bits per heavy atom. The highest BCUT2D eigenvalue weighted by Crippen LogP contribution is 2.20. The Morgan fingerprint density at radius 2 is 2.06 bits per heavy atom. The third-order valence-electron chi connectivity index (χ3n) is 2.23. The van der Waals surface area contributed by atoms with E-state index in [4.69, 9.17) is 5.21 Å². The predicted octanol–water partition coefficient (Wildman–Crippen LogP) is 2.85. The average Bonchev–Trinajstić information content (AvgIpc) is 2.28. The zero-order chi connectivity index (χ0) is 12.1. The summed E-state index contributed by atoms with van der Waals surface area (Å²) in [6, 6.07) is 6.41. The maximum atomic E-state index is 10.7. The van der Waals surface area contributed by atoms with Crippen molar-refractivity contribution in [2.24, 2.45) is 5.16 Å². The van der Waals surface area contributed by atoms with Crippen LogP contribution in [0, 0.1) is 10.1 Å². The fourth-order valence-electron chi connectivity index (χ4n) is 1.19. The first kappa shape index (κ1) is 11.9. The first-order valence-electron chi connectivity index (χ1n) is 4.67. The molecule has 16 heavy (non-hydrogen) atoms. The van der Waals surface area contributed by atoms with Crippen molar-refractivity contribution >= 4 is 17.5 Å². The third-order valence-corrected chi connectivity index (χ3v) is 2.23. The van der Waals surface area contributed by atoms with Crippen molar-refractivity contribution in [3.63, 3.8) is 0 Å². The minimum atomic E-state index is -0.440. The highest BCUT2D eigenvalue weighted by molar-refractivity contribution is 6.01. The number of oxime groups is 1. The summed E-state index contributed by atoms with van der Waals surface area (Å²) >= 11 is 0. The summed E-state index contributed by atoms with van der Waals surface area (Å²) in [5, 5.41) is 22.4. The number of hydrogen-bond donors (Lipinski definition) is 1. The second-order valence-corrected chi connectivity index (χ2v) is 3.33. The fourth-order valence-corrected chi connectivity index (χ4v) is 1.19. The van der Waals surface area contributed by atoms with Crippen molar-refractivity contribution in [2.45, 2.75) is 13.8 Å². The molecule has 0 spiro atoms. The normalized spacial score (nSPS) is 12.6. The topological polar surface area (TPSA) is 75.7 Å². The molecule has 5 nitrogen and oxygen atoms in total. The van der Waals surface area contributed by atoms with Crippen molar-refractivity contribution in [1.82, 2.24) is 0 Å². The van der Waals surface area contributed by atoms with Gasteiger partial charge in [-0.2, -0.15) is 0 Å². The number of para-hydroxylation sites is 1. The molecule has 0 fully saturated rings.